The van der Waals surface area contributed by atoms with Crippen molar-refractivity contribution < 1.29 is 22.4 Å². The molecule has 0 saturated heterocycles. The molecule has 0 amide bonds. The lowest BCUT2D eigenvalue weighted by molar-refractivity contribution is 0.0734. The van der Waals surface area contributed by atoms with Gasteiger partial charge in [-0.3, -0.25) is 0 Å². The molecule has 9 heteroatoms. The van der Waals surface area contributed by atoms with Crippen LogP contribution in [0, 0.1) is 0 Å². The van der Waals surface area contributed by atoms with E-state index >= 15 is 0 Å². The van der Waals surface area contributed by atoms with Crippen LogP contribution in [-0.4, -0.2) is 43.0 Å². The van der Waals surface area contributed by atoms with E-state index in [0.717, 1.165) is 4.31 Å². The molecule has 0 bridgehead atoms. The molecule has 8 nitrogen and oxygen atoms in total. The molecule has 0 unspecified atom stereocenters. The van der Waals surface area contributed by atoms with Crippen molar-refractivity contribution in [2.24, 2.45) is 0 Å². The van der Waals surface area contributed by atoms with Crippen LogP contribution in [0.25, 0.3) is 11.5 Å². The molecule has 0 aliphatic rings. The summed E-state index contributed by atoms with van der Waals surface area (Å²) in [4.78, 5) is 12.3. The summed E-state index contributed by atoms with van der Waals surface area (Å²) in [7, 11) is -0.790. The molecule has 2 aromatic carbocycles. The van der Waals surface area contributed by atoms with E-state index in [4.69, 9.17) is 9.15 Å². The normalized spacial score (nSPS) is 11.5. The molecule has 3 aromatic rings. The Labute approximate surface area is 150 Å². The highest BCUT2D eigenvalue weighted by Crippen LogP contribution is 2.21. The van der Waals surface area contributed by atoms with Crippen molar-refractivity contribution in [3.63, 3.8) is 0 Å². The molecule has 134 valence electrons. The first kappa shape index (κ1) is 17.8. The maximum Gasteiger partial charge on any atom is 0.343 e. The van der Waals surface area contributed by atoms with Gasteiger partial charge in [0, 0.05) is 19.7 Å². The molecule has 0 aliphatic carbocycles. The number of hydrogen-bond donors (Lipinski definition) is 0. The summed E-state index contributed by atoms with van der Waals surface area (Å²) in [6, 6.07) is 12.2. The molecule has 26 heavy (non-hydrogen) atoms. The lowest BCUT2D eigenvalue weighted by atomic mass is 10.2. The van der Waals surface area contributed by atoms with Gasteiger partial charge < -0.3 is 9.15 Å². The number of benzene rings is 2. The lowest BCUT2D eigenvalue weighted by Gasteiger charge is -2.12. The Kier molecular flexibility index (Phi) is 4.83. The number of carbonyl (C=O) groups is 1. The molecule has 0 spiro atoms. The van der Waals surface area contributed by atoms with E-state index in [1.54, 1.807) is 24.3 Å². The Bertz CT molecular complexity index is 1010. The summed E-state index contributed by atoms with van der Waals surface area (Å²) in [6.07, 6.45) is 1.22. The maximum absolute atomic E-state index is 12.3. The smallest absolute Gasteiger partial charge is 0.343 e. The molecular formula is C17H15N3O5S. The zero-order chi connectivity index (χ0) is 18.7. The fourth-order valence-corrected chi connectivity index (χ4v) is 3.07. The Morgan fingerprint density at radius 3 is 2.46 bits per heavy atom. The molecule has 0 atom stereocenters. The Morgan fingerprint density at radius 1 is 1.12 bits per heavy atom. The van der Waals surface area contributed by atoms with E-state index in [1.807, 2.05) is 0 Å². The number of nitrogens with zero attached hydrogens (tertiary/aromatic N) is 3. The second kappa shape index (κ2) is 7.06. The van der Waals surface area contributed by atoms with E-state index in [1.165, 1.54) is 44.8 Å². The minimum atomic E-state index is -3.63. The largest absolute Gasteiger partial charge is 0.423 e. The molecule has 0 fully saturated rings. The molecule has 1 heterocycles. The molecule has 1 aromatic heterocycles. The van der Waals surface area contributed by atoms with Gasteiger partial charge in [-0.1, -0.05) is 6.07 Å². The monoisotopic (exact) mass is 373 g/mol. The molecule has 0 N–H and O–H groups in total. The van der Waals surface area contributed by atoms with Crippen molar-refractivity contribution in [1.29, 1.82) is 0 Å². The van der Waals surface area contributed by atoms with Crippen LogP contribution in [0.15, 0.2) is 64.2 Å². The molecule has 0 radical (unpaired) electrons. The first-order chi connectivity index (χ1) is 12.4. The van der Waals surface area contributed by atoms with Gasteiger partial charge in [-0.25, -0.2) is 17.5 Å². The van der Waals surface area contributed by atoms with Crippen molar-refractivity contribution in [1.82, 2.24) is 14.5 Å². The number of aromatic nitrogens is 2. The van der Waals surface area contributed by atoms with E-state index < -0.39 is 16.0 Å². The molecule has 0 aliphatic heterocycles. The standard InChI is InChI=1S/C17H15N3O5S/c1-20(2)26(22,23)15-5-3-4-13(10-15)17(21)25-14-8-6-12(7-9-14)16-19-18-11-24-16/h3-11H,1-2H3. The quantitative estimate of drug-likeness (QED) is 0.499. The second-order valence-corrected chi connectivity index (χ2v) is 7.62. The topological polar surface area (TPSA) is 103 Å². The van der Waals surface area contributed by atoms with Gasteiger partial charge in [-0.05, 0) is 42.5 Å². The van der Waals surface area contributed by atoms with Crippen molar-refractivity contribution in [3.8, 4) is 17.2 Å². The van der Waals surface area contributed by atoms with Crippen LogP contribution in [0.1, 0.15) is 10.4 Å². The lowest BCUT2D eigenvalue weighted by Crippen LogP contribution is -2.22. The first-order valence-electron chi connectivity index (χ1n) is 7.49. The molecular weight excluding hydrogens is 358 g/mol. The zero-order valence-corrected chi connectivity index (χ0v) is 14.8. The SMILES string of the molecule is CN(C)S(=O)(=O)c1cccc(C(=O)Oc2ccc(-c3nnco3)cc2)c1. The predicted molar refractivity (Wildman–Crippen MR) is 92.0 cm³/mol. The summed E-state index contributed by atoms with van der Waals surface area (Å²) in [6.45, 7) is 0. The molecule has 3 rings (SSSR count). The Morgan fingerprint density at radius 2 is 1.85 bits per heavy atom. The van der Waals surface area contributed by atoms with Gasteiger partial charge >= 0.3 is 5.97 Å². The third-order valence-corrected chi connectivity index (χ3v) is 5.33. The second-order valence-electron chi connectivity index (χ2n) is 5.47. The zero-order valence-electron chi connectivity index (χ0n) is 14.0. The fraction of sp³-hybridized carbons (Fsp3) is 0.118. The van der Waals surface area contributed by atoms with Crippen LogP contribution in [-0.2, 0) is 10.0 Å². The minimum Gasteiger partial charge on any atom is -0.423 e. The number of hydrogen-bond acceptors (Lipinski definition) is 7. The third kappa shape index (κ3) is 3.63. The summed E-state index contributed by atoms with van der Waals surface area (Å²) in [5.74, 6) is -0.00467. The van der Waals surface area contributed by atoms with E-state index in [-0.39, 0.29) is 10.5 Å². The summed E-state index contributed by atoms with van der Waals surface area (Å²) < 4.78 is 35.8. The predicted octanol–water partition coefficient (Wildman–Crippen LogP) is 2.21. The summed E-state index contributed by atoms with van der Waals surface area (Å²) in [5, 5.41) is 7.38. The average Bonchev–Trinajstić information content (AvgIpc) is 3.17. The number of carbonyl (C=O) groups excluding carboxylic acids is 1. The minimum absolute atomic E-state index is 0.0173. The Hall–Kier alpha value is -3.04. The van der Waals surface area contributed by atoms with Crippen molar-refractivity contribution in [2.75, 3.05) is 14.1 Å². The van der Waals surface area contributed by atoms with Crippen molar-refractivity contribution in [3.05, 3.63) is 60.5 Å². The molecule has 0 saturated carbocycles. The van der Waals surface area contributed by atoms with Gasteiger partial charge in [0.1, 0.15) is 5.75 Å². The highest BCUT2D eigenvalue weighted by atomic mass is 32.2. The number of rotatable bonds is 5. The third-order valence-electron chi connectivity index (χ3n) is 3.52. The van der Waals surface area contributed by atoms with Gasteiger partial charge in [-0.2, -0.15) is 0 Å². The maximum atomic E-state index is 12.3. The van der Waals surface area contributed by atoms with Gasteiger partial charge in [-0.15, -0.1) is 10.2 Å². The highest BCUT2D eigenvalue weighted by molar-refractivity contribution is 7.89. The van der Waals surface area contributed by atoms with Crippen molar-refractivity contribution >= 4 is 16.0 Å². The van der Waals surface area contributed by atoms with Gasteiger partial charge in [0.05, 0.1) is 10.5 Å². The van der Waals surface area contributed by atoms with Crippen molar-refractivity contribution in [2.45, 2.75) is 4.90 Å². The first-order valence-corrected chi connectivity index (χ1v) is 8.93. The van der Waals surface area contributed by atoms with Crippen LogP contribution >= 0.6 is 0 Å². The number of esters is 1. The van der Waals surface area contributed by atoms with Crippen LogP contribution in [0.4, 0.5) is 0 Å². The number of sulfonamides is 1. The van der Waals surface area contributed by atoms with E-state index in [0.29, 0.717) is 17.2 Å². The van der Waals surface area contributed by atoms with Crippen LogP contribution in [0.2, 0.25) is 0 Å². The Balaban J connectivity index is 1.78. The van der Waals surface area contributed by atoms with Crippen LogP contribution < -0.4 is 4.74 Å². The fourth-order valence-electron chi connectivity index (χ4n) is 2.12. The highest BCUT2D eigenvalue weighted by Gasteiger charge is 2.19. The summed E-state index contributed by atoms with van der Waals surface area (Å²) in [5.41, 5.74) is 0.815. The van der Waals surface area contributed by atoms with Gasteiger partial charge in [0.25, 0.3) is 0 Å². The van der Waals surface area contributed by atoms with Gasteiger partial charge in [0.2, 0.25) is 22.3 Å². The van der Waals surface area contributed by atoms with Crippen LogP contribution in [0.3, 0.4) is 0 Å². The van der Waals surface area contributed by atoms with Crippen LogP contribution in [0.5, 0.6) is 5.75 Å². The summed E-state index contributed by atoms with van der Waals surface area (Å²) >= 11 is 0. The van der Waals surface area contributed by atoms with E-state index in [9.17, 15) is 13.2 Å². The van der Waals surface area contributed by atoms with Gasteiger partial charge in [0.15, 0.2) is 0 Å². The van der Waals surface area contributed by atoms with E-state index in [2.05, 4.69) is 10.2 Å². The average molecular weight is 373 g/mol. The number of ether oxygens (including phenoxy) is 1.